The number of nitrogens with one attached hydrogen (secondary N) is 2. The molecule has 0 unspecified atom stereocenters. The molecule has 3 amide bonds. The number of hydrogen-bond acceptors (Lipinski definition) is 8. The molecule has 2 atom stereocenters. The number of hydrogen-bond donors (Lipinski definition) is 4. The van der Waals surface area contributed by atoms with Gasteiger partial charge in [0.25, 0.3) is 5.91 Å². The van der Waals surface area contributed by atoms with Crippen molar-refractivity contribution in [3.63, 3.8) is 0 Å². The maximum absolute atomic E-state index is 13.1. The smallest absolute Gasteiger partial charge is 0.414 e. The van der Waals surface area contributed by atoms with Crippen LogP contribution in [0.2, 0.25) is 0 Å². The standard InChI is InChI=1S/C35H35N3O7/c36-29-18-7-8-19-30(29)37-32(40)21-10-9-20-31(44-27-15-5-2-6-16-27)33(26-14-11-17-28(24-26)43-23-22-39)45-35(42)38-34(41)25-12-3-1-4-13-25/h1-8,10-19,21,24,31,33,39H,9,20,22-23,36H2,(H,37,40)(H,38,41,42)/b21-10+/t31-,33-/m1/s1. The Kier molecular flexibility index (Phi) is 12.1. The van der Waals surface area contributed by atoms with Crippen LogP contribution in [0.25, 0.3) is 0 Å². The van der Waals surface area contributed by atoms with E-state index in [-0.39, 0.29) is 19.1 Å². The molecule has 5 N–H and O–H groups in total. The highest BCUT2D eigenvalue weighted by molar-refractivity contribution is 6.03. The number of anilines is 2. The number of imide groups is 1. The molecule has 0 aliphatic heterocycles. The number of carbonyl (C=O) groups is 3. The van der Waals surface area contributed by atoms with Gasteiger partial charge in [0, 0.05) is 5.56 Å². The Morgan fingerprint density at radius 1 is 0.844 bits per heavy atom. The fourth-order valence-electron chi connectivity index (χ4n) is 4.38. The van der Waals surface area contributed by atoms with Crippen molar-refractivity contribution in [2.45, 2.75) is 25.0 Å². The summed E-state index contributed by atoms with van der Waals surface area (Å²) in [5.74, 6) is 0.0126. The van der Waals surface area contributed by atoms with Gasteiger partial charge >= 0.3 is 6.09 Å². The monoisotopic (exact) mass is 609 g/mol. The van der Waals surface area contributed by atoms with Gasteiger partial charge < -0.3 is 30.4 Å². The summed E-state index contributed by atoms with van der Waals surface area (Å²) in [6, 6.07) is 31.1. The van der Waals surface area contributed by atoms with Gasteiger partial charge in [-0.25, -0.2) is 4.79 Å². The van der Waals surface area contributed by atoms with E-state index in [9.17, 15) is 19.5 Å². The third kappa shape index (κ3) is 10.3. The summed E-state index contributed by atoms with van der Waals surface area (Å²) in [7, 11) is 0. The maximum Gasteiger partial charge on any atom is 0.414 e. The van der Waals surface area contributed by atoms with Crippen LogP contribution in [0.4, 0.5) is 16.2 Å². The van der Waals surface area contributed by atoms with Crippen LogP contribution in [0.5, 0.6) is 11.5 Å². The first-order valence-corrected chi connectivity index (χ1v) is 14.4. The number of benzene rings is 4. The first-order valence-electron chi connectivity index (χ1n) is 14.4. The number of aliphatic hydroxyl groups excluding tert-OH is 1. The van der Waals surface area contributed by atoms with Crippen molar-refractivity contribution in [2.24, 2.45) is 0 Å². The highest BCUT2D eigenvalue weighted by atomic mass is 16.6. The number of ether oxygens (including phenoxy) is 3. The predicted octanol–water partition coefficient (Wildman–Crippen LogP) is 5.67. The first kappa shape index (κ1) is 32.3. The Hall–Kier alpha value is -5.61. The summed E-state index contributed by atoms with van der Waals surface area (Å²) in [5, 5.41) is 14.2. The van der Waals surface area contributed by atoms with E-state index in [1.807, 2.05) is 18.2 Å². The van der Waals surface area contributed by atoms with Crippen molar-refractivity contribution in [3.8, 4) is 11.5 Å². The molecule has 0 saturated carbocycles. The number of aliphatic hydroxyl groups is 1. The number of carbonyl (C=O) groups excluding carboxylic acids is 3. The van der Waals surface area contributed by atoms with Crippen LogP contribution in [0, 0.1) is 0 Å². The topological polar surface area (TPSA) is 149 Å². The molecular formula is C35H35N3O7. The van der Waals surface area contributed by atoms with Crippen molar-refractivity contribution in [2.75, 3.05) is 24.3 Å². The van der Waals surface area contributed by atoms with Crippen molar-refractivity contribution in [1.82, 2.24) is 5.32 Å². The quantitative estimate of drug-likeness (QED) is 0.106. The molecule has 0 saturated heterocycles. The molecule has 0 aromatic heterocycles. The summed E-state index contributed by atoms with van der Waals surface area (Å²) in [4.78, 5) is 38.3. The van der Waals surface area contributed by atoms with Crippen LogP contribution in [-0.4, -0.2) is 42.3 Å². The largest absolute Gasteiger partial charge is 0.491 e. The first-order chi connectivity index (χ1) is 21.9. The summed E-state index contributed by atoms with van der Waals surface area (Å²) < 4.78 is 17.8. The minimum absolute atomic E-state index is 0.0759. The number of alkyl carbamates (subject to hydrolysis) is 1. The normalized spacial score (nSPS) is 12.1. The molecule has 4 aromatic carbocycles. The number of nitrogens with two attached hydrogens (primary N) is 1. The van der Waals surface area contributed by atoms with E-state index in [1.165, 1.54) is 6.08 Å². The molecule has 0 heterocycles. The highest BCUT2D eigenvalue weighted by Gasteiger charge is 2.30. The molecule has 10 nitrogen and oxygen atoms in total. The Morgan fingerprint density at radius 2 is 1.53 bits per heavy atom. The average molecular weight is 610 g/mol. The number of amides is 3. The van der Waals surface area contributed by atoms with Crippen LogP contribution in [0.1, 0.15) is 34.9 Å². The highest BCUT2D eigenvalue weighted by Crippen LogP contribution is 2.31. The molecule has 232 valence electrons. The fraction of sp³-hybridized carbons (Fsp3) is 0.171. The summed E-state index contributed by atoms with van der Waals surface area (Å²) in [6.07, 6.45) is 1.06. The van der Waals surface area contributed by atoms with Crippen molar-refractivity contribution in [1.29, 1.82) is 0 Å². The van der Waals surface area contributed by atoms with Crippen molar-refractivity contribution < 1.29 is 33.7 Å². The minimum atomic E-state index is -1.00. The van der Waals surface area contributed by atoms with E-state index >= 15 is 0 Å². The zero-order valence-corrected chi connectivity index (χ0v) is 24.5. The summed E-state index contributed by atoms with van der Waals surface area (Å²) in [5.41, 5.74) is 7.71. The number of allylic oxidation sites excluding steroid dienone is 1. The molecule has 10 heteroatoms. The van der Waals surface area contributed by atoms with E-state index in [0.717, 1.165) is 0 Å². The molecule has 0 aliphatic carbocycles. The van der Waals surface area contributed by atoms with Gasteiger partial charge in [-0.3, -0.25) is 14.9 Å². The lowest BCUT2D eigenvalue weighted by atomic mass is 9.99. The van der Waals surface area contributed by atoms with Gasteiger partial charge in [0.2, 0.25) is 5.91 Å². The zero-order chi connectivity index (χ0) is 31.9. The molecule has 0 aliphatic rings. The van der Waals surface area contributed by atoms with Gasteiger partial charge in [0.15, 0.2) is 6.10 Å². The Balaban J connectivity index is 1.56. The zero-order valence-electron chi connectivity index (χ0n) is 24.5. The van der Waals surface area contributed by atoms with E-state index in [0.29, 0.717) is 46.8 Å². The number of rotatable bonds is 14. The average Bonchev–Trinajstić information content (AvgIpc) is 3.06. The van der Waals surface area contributed by atoms with E-state index in [2.05, 4.69) is 10.6 Å². The van der Waals surface area contributed by atoms with Gasteiger partial charge in [-0.2, -0.15) is 0 Å². The fourth-order valence-corrected chi connectivity index (χ4v) is 4.38. The van der Waals surface area contributed by atoms with Crippen molar-refractivity contribution in [3.05, 3.63) is 132 Å². The van der Waals surface area contributed by atoms with Crippen LogP contribution in [0.3, 0.4) is 0 Å². The minimum Gasteiger partial charge on any atom is -0.491 e. The van der Waals surface area contributed by atoms with E-state index < -0.39 is 24.2 Å². The second-order valence-corrected chi connectivity index (χ2v) is 9.82. The van der Waals surface area contributed by atoms with E-state index in [1.54, 1.807) is 97.1 Å². The lowest BCUT2D eigenvalue weighted by molar-refractivity contribution is -0.111. The third-order valence-corrected chi connectivity index (χ3v) is 6.51. The van der Waals surface area contributed by atoms with Crippen LogP contribution >= 0.6 is 0 Å². The summed E-state index contributed by atoms with van der Waals surface area (Å²) >= 11 is 0. The van der Waals surface area contributed by atoms with Gasteiger partial charge in [-0.1, -0.05) is 66.7 Å². The summed E-state index contributed by atoms with van der Waals surface area (Å²) in [6.45, 7) is -0.100. The van der Waals surface area contributed by atoms with Crippen molar-refractivity contribution >= 4 is 29.3 Å². The van der Waals surface area contributed by atoms with Crippen LogP contribution < -0.4 is 25.8 Å². The third-order valence-electron chi connectivity index (χ3n) is 6.51. The molecule has 4 aromatic rings. The molecule has 0 radical (unpaired) electrons. The molecule has 0 fully saturated rings. The maximum atomic E-state index is 13.1. The molecule has 0 bridgehead atoms. The van der Waals surface area contributed by atoms with Gasteiger partial charge in [-0.15, -0.1) is 0 Å². The van der Waals surface area contributed by atoms with Crippen LogP contribution in [-0.2, 0) is 9.53 Å². The van der Waals surface area contributed by atoms with Crippen LogP contribution in [0.15, 0.2) is 121 Å². The predicted molar refractivity (Wildman–Crippen MR) is 171 cm³/mol. The lowest BCUT2D eigenvalue weighted by Crippen LogP contribution is -2.36. The second kappa shape index (κ2) is 16.9. The van der Waals surface area contributed by atoms with Gasteiger partial charge in [0.05, 0.1) is 18.0 Å². The Labute approximate surface area is 261 Å². The second-order valence-electron chi connectivity index (χ2n) is 9.82. The lowest BCUT2D eigenvalue weighted by Gasteiger charge is -2.28. The number of para-hydroxylation sites is 3. The molecular weight excluding hydrogens is 574 g/mol. The Morgan fingerprint density at radius 3 is 2.27 bits per heavy atom. The molecule has 45 heavy (non-hydrogen) atoms. The molecule has 4 rings (SSSR count). The molecule has 0 spiro atoms. The van der Waals surface area contributed by atoms with E-state index in [4.69, 9.17) is 19.9 Å². The Bertz CT molecular complexity index is 1580. The van der Waals surface area contributed by atoms with Gasteiger partial charge in [-0.05, 0) is 73.0 Å². The van der Waals surface area contributed by atoms with Gasteiger partial charge in [0.1, 0.15) is 24.2 Å². The number of nitrogen functional groups attached to an aromatic ring is 1. The SMILES string of the molecule is Nc1ccccc1NC(=O)/C=C/CC[C@@H](Oc1ccccc1)[C@H](OC(=O)NC(=O)c1ccccc1)c1cccc(OCCO)c1.